The highest BCUT2D eigenvalue weighted by atomic mass is 79.9. The molecule has 1 unspecified atom stereocenters. The Bertz CT molecular complexity index is 824. The van der Waals surface area contributed by atoms with Gasteiger partial charge in [-0.1, -0.05) is 22.0 Å². The SMILES string of the molecule is COc1cccc(OC)c1OCC(O)CNC(=O)CSc1cc(C)c(Br)cc1C. The van der Waals surface area contributed by atoms with E-state index in [0.717, 1.165) is 20.5 Å². The molecule has 6 nitrogen and oxygen atoms in total. The van der Waals surface area contributed by atoms with Crippen molar-refractivity contribution in [1.29, 1.82) is 0 Å². The molecule has 0 aromatic heterocycles. The lowest BCUT2D eigenvalue weighted by Crippen LogP contribution is -2.36. The molecular formula is C21H26BrNO5S. The summed E-state index contributed by atoms with van der Waals surface area (Å²) in [5.74, 6) is 1.56. The first-order valence-electron chi connectivity index (χ1n) is 9.03. The summed E-state index contributed by atoms with van der Waals surface area (Å²) in [6.45, 7) is 4.11. The summed E-state index contributed by atoms with van der Waals surface area (Å²) < 4.78 is 17.2. The number of aliphatic hydroxyl groups excluding tert-OH is 1. The van der Waals surface area contributed by atoms with Crippen LogP contribution in [-0.2, 0) is 4.79 Å². The van der Waals surface area contributed by atoms with E-state index in [0.29, 0.717) is 17.2 Å². The van der Waals surface area contributed by atoms with Crippen molar-refractivity contribution in [2.75, 3.05) is 33.1 Å². The molecule has 2 aromatic rings. The summed E-state index contributed by atoms with van der Waals surface area (Å²) in [5, 5.41) is 12.9. The van der Waals surface area contributed by atoms with Crippen LogP contribution >= 0.6 is 27.7 Å². The Morgan fingerprint density at radius 1 is 1.17 bits per heavy atom. The van der Waals surface area contributed by atoms with Gasteiger partial charge in [0.05, 0.1) is 20.0 Å². The first kappa shape index (κ1) is 23.4. The summed E-state index contributed by atoms with van der Waals surface area (Å²) in [6, 6.07) is 9.38. The maximum atomic E-state index is 12.1. The Hall–Kier alpha value is -1.90. The summed E-state index contributed by atoms with van der Waals surface area (Å²) in [5.41, 5.74) is 2.23. The zero-order chi connectivity index (χ0) is 21.4. The molecule has 158 valence electrons. The van der Waals surface area contributed by atoms with Crippen molar-refractivity contribution in [2.24, 2.45) is 0 Å². The van der Waals surface area contributed by atoms with E-state index in [-0.39, 0.29) is 24.8 Å². The third kappa shape index (κ3) is 6.83. The molecule has 2 N–H and O–H groups in total. The minimum absolute atomic E-state index is 0.00479. The fraction of sp³-hybridized carbons (Fsp3) is 0.381. The third-order valence-corrected chi connectivity index (χ3v) is 6.16. The molecule has 0 bridgehead atoms. The van der Waals surface area contributed by atoms with Gasteiger partial charge in [-0.05, 0) is 49.2 Å². The molecular weight excluding hydrogens is 458 g/mol. The minimum Gasteiger partial charge on any atom is -0.493 e. The number of nitrogens with one attached hydrogen (secondary N) is 1. The van der Waals surface area contributed by atoms with Gasteiger partial charge in [-0.15, -0.1) is 11.8 Å². The molecule has 0 saturated carbocycles. The van der Waals surface area contributed by atoms with Crippen molar-refractivity contribution in [3.63, 3.8) is 0 Å². The van der Waals surface area contributed by atoms with Crippen molar-refractivity contribution in [3.05, 3.63) is 45.9 Å². The third-order valence-electron chi connectivity index (χ3n) is 4.15. The molecule has 0 radical (unpaired) electrons. The van der Waals surface area contributed by atoms with Crippen LogP contribution in [0, 0.1) is 13.8 Å². The number of hydrogen-bond donors (Lipinski definition) is 2. The second-order valence-corrected chi connectivity index (χ2v) is 8.29. The standard InChI is InChI=1S/C21H26BrNO5S/c1-13-9-19(14(2)8-16(13)22)29-12-20(25)23-10-15(24)11-28-21-17(26-3)6-5-7-18(21)27-4/h5-9,15,24H,10-12H2,1-4H3,(H,23,25). The molecule has 1 atom stereocenters. The van der Waals surface area contributed by atoms with Crippen LogP contribution in [0.1, 0.15) is 11.1 Å². The highest BCUT2D eigenvalue weighted by Gasteiger charge is 2.15. The van der Waals surface area contributed by atoms with E-state index in [1.807, 2.05) is 19.9 Å². The fourth-order valence-corrected chi connectivity index (χ4v) is 3.93. The van der Waals surface area contributed by atoms with E-state index in [4.69, 9.17) is 14.2 Å². The van der Waals surface area contributed by atoms with Crippen molar-refractivity contribution < 1.29 is 24.1 Å². The van der Waals surface area contributed by atoms with Crippen LogP contribution in [0.5, 0.6) is 17.2 Å². The number of ether oxygens (including phenoxy) is 3. The van der Waals surface area contributed by atoms with Crippen LogP contribution in [-0.4, -0.2) is 50.2 Å². The van der Waals surface area contributed by atoms with Crippen molar-refractivity contribution in [2.45, 2.75) is 24.8 Å². The molecule has 0 heterocycles. The highest BCUT2D eigenvalue weighted by Crippen LogP contribution is 2.36. The van der Waals surface area contributed by atoms with Gasteiger partial charge in [0.1, 0.15) is 12.7 Å². The summed E-state index contributed by atoms with van der Waals surface area (Å²) in [6.07, 6.45) is -0.866. The van der Waals surface area contributed by atoms with Gasteiger partial charge in [-0.2, -0.15) is 0 Å². The molecule has 2 aromatic carbocycles. The molecule has 1 amide bonds. The van der Waals surface area contributed by atoms with Gasteiger partial charge < -0.3 is 24.6 Å². The largest absolute Gasteiger partial charge is 0.493 e. The monoisotopic (exact) mass is 483 g/mol. The van der Waals surface area contributed by atoms with Gasteiger partial charge in [0.25, 0.3) is 0 Å². The number of aryl methyl sites for hydroxylation is 2. The Kier molecular flexibility index (Phi) is 9.13. The molecule has 0 aliphatic carbocycles. The smallest absolute Gasteiger partial charge is 0.230 e. The Morgan fingerprint density at radius 3 is 2.45 bits per heavy atom. The lowest BCUT2D eigenvalue weighted by atomic mass is 10.2. The molecule has 0 aliphatic heterocycles. The second-order valence-electron chi connectivity index (χ2n) is 6.42. The average Bonchev–Trinajstić information content (AvgIpc) is 2.71. The van der Waals surface area contributed by atoms with Crippen LogP contribution in [0.3, 0.4) is 0 Å². The van der Waals surface area contributed by atoms with Crippen LogP contribution in [0.4, 0.5) is 0 Å². The van der Waals surface area contributed by atoms with E-state index in [1.54, 1.807) is 18.2 Å². The lowest BCUT2D eigenvalue weighted by Gasteiger charge is -2.17. The molecule has 2 rings (SSSR count). The van der Waals surface area contributed by atoms with Crippen LogP contribution in [0.15, 0.2) is 39.7 Å². The maximum absolute atomic E-state index is 12.1. The Balaban J connectivity index is 1.80. The van der Waals surface area contributed by atoms with Gasteiger partial charge in [0, 0.05) is 15.9 Å². The van der Waals surface area contributed by atoms with Crippen LogP contribution in [0.25, 0.3) is 0 Å². The van der Waals surface area contributed by atoms with Gasteiger partial charge in [-0.25, -0.2) is 0 Å². The fourth-order valence-electron chi connectivity index (χ4n) is 2.53. The van der Waals surface area contributed by atoms with Crippen molar-refractivity contribution in [3.8, 4) is 17.2 Å². The zero-order valence-electron chi connectivity index (χ0n) is 17.0. The first-order chi connectivity index (χ1) is 13.8. The maximum Gasteiger partial charge on any atom is 0.230 e. The molecule has 29 heavy (non-hydrogen) atoms. The topological polar surface area (TPSA) is 77.0 Å². The molecule has 0 aliphatic rings. The Morgan fingerprint density at radius 2 is 1.83 bits per heavy atom. The highest BCUT2D eigenvalue weighted by molar-refractivity contribution is 9.10. The first-order valence-corrected chi connectivity index (χ1v) is 10.8. The van der Waals surface area contributed by atoms with E-state index < -0.39 is 6.10 Å². The number of thioether (sulfide) groups is 1. The number of para-hydroxylation sites is 1. The number of aliphatic hydroxyl groups is 1. The Labute approximate surface area is 184 Å². The summed E-state index contributed by atoms with van der Waals surface area (Å²) in [7, 11) is 3.06. The van der Waals surface area contributed by atoms with Crippen molar-refractivity contribution >= 4 is 33.6 Å². The van der Waals surface area contributed by atoms with E-state index >= 15 is 0 Å². The predicted molar refractivity (Wildman–Crippen MR) is 118 cm³/mol. The number of methoxy groups -OCH3 is 2. The lowest BCUT2D eigenvalue weighted by molar-refractivity contribution is -0.119. The number of rotatable bonds is 10. The summed E-state index contributed by atoms with van der Waals surface area (Å²) in [4.78, 5) is 13.2. The van der Waals surface area contributed by atoms with Gasteiger partial charge in [-0.3, -0.25) is 4.79 Å². The minimum atomic E-state index is -0.866. The van der Waals surface area contributed by atoms with E-state index in [9.17, 15) is 9.90 Å². The molecule has 0 fully saturated rings. The normalized spacial score (nSPS) is 11.7. The number of carbonyl (C=O) groups is 1. The average molecular weight is 484 g/mol. The second kappa shape index (κ2) is 11.3. The zero-order valence-corrected chi connectivity index (χ0v) is 19.4. The molecule has 8 heteroatoms. The number of halogens is 1. The van der Waals surface area contributed by atoms with Crippen molar-refractivity contribution in [1.82, 2.24) is 5.32 Å². The summed E-state index contributed by atoms with van der Waals surface area (Å²) >= 11 is 4.98. The molecule has 0 saturated heterocycles. The quantitative estimate of drug-likeness (QED) is 0.501. The number of benzene rings is 2. The predicted octanol–water partition coefficient (Wildman–Crippen LogP) is 3.73. The number of amides is 1. The van der Waals surface area contributed by atoms with E-state index in [2.05, 4.69) is 27.3 Å². The van der Waals surface area contributed by atoms with Crippen LogP contribution < -0.4 is 19.5 Å². The number of hydrogen-bond acceptors (Lipinski definition) is 6. The van der Waals surface area contributed by atoms with Crippen LogP contribution in [0.2, 0.25) is 0 Å². The van der Waals surface area contributed by atoms with Gasteiger partial charge in [0.2, 0.25) is 11.7 Å². The van der Waals surface area contributed by atoms with Gasteiger partial charge in [0.15, 0.2) is 11.5 Å². The molecule has 0 spiro atoms. The van der Waals surface area contributed by atoms with E-state index in [1.165, 1.54) is 26.0 Å². The number of carbonyl (C=O) groups excluding carboxylic acids is 1. The van der Waals surface area contributed by atoms with Gasteiger partial charge >= 0.3 is 0 Å².